The minimum absolute atomic E-state index is 0.662. The van der Waals surface area contributed by atoms with Crippen LogP contribution in [0.15, 0.2) is 18.5 Å². The van der Waals surface area contributed by atoms with E-state index in [1.807, 2.05) is 18.5 Å². The van der Waals surface area contributed by atoms with Gasteiger partial charge in [-0.3, -0.25) is 0 Å². The number of rotatable bonds is 4. The van der Waals surface area contributed by atoms with Gasteiger partial charge in [0.05, 0.1) is 0 Å². The van der Waals surface area contributed by atoms with Crippen molar-refractivity contribution in [2.24, 2.45) is 0 Å². The number of hydrogen-bond acceptors (Lipinski definition) is 3. The highest BCUT2D eigenvalue weighted by Crippen LogP contribution is 2.27. The molecule has 1 aromatic rings. The van der Waals surface area contributed by atoms with Crippen LogP contribution in [-0.4, -0.2) is 27.9 Å². The van der Waals surface area contributed by atoms with Gasteiger partial charge in [-0.1, -0.05) is 15.9 Å². The highest BCUT2D eigenvalue weighted by molar-refractivity contribution is 9.09. The van der Waals surface area contributed by atoms with Crippen LogP contribution in [0.5, 0.6) is 0 Å². The fraction of sp³-hybridized carbons (Fsp3) is 0.600. The molecule has 1 aliphatic carbocycles. The summed E-state index contributed by atoms with van der Waals surface area (Å²) in [4.78, 5) is 10.9. The van der Waals surface area contributed by atoms with E-state index in [2.05, 4.69) is 30.8 Å². The molecule has 0 atom stereocenters. The van der Waals surface area contributed by atoms with E-state index in [9.17, 15) is 0 Å². The van der Waals surface area contributed by atoms with Crippen molar-refractivity contribution in [2.45, 2.75) is 25.3 Å². The van der Waals surface area contributed by atoms with Crippen molar-refractivity contribution in [2.75, 3.05) is 16.8 Å². The van der Waals surface area contributed by atoms with E-state index in [4.69, 9.17) is 0 Å². The maximum absolute atomic E-state index is 4.29. The fourth-order valence-corrected chi connectivity index (χ4v) is 2.06. The average Bonchev–Trinajstić information content (AvgIpc) is 2.16. The van der Waals surface area contributed by atoms with Crippen molar-refractivity contribution < 1.29 is 0 Å². The summed E-state index contributed by atoms with van der Waals surface area (Å²) in [5, 5.41) is 0.974. The van der Waals surface area contributed by atoms with Crippen molar-refractivity contribution in [3.8, 4) is 0 Å². The van der Waals surface area contributed by atoms with Crippen molar-refractivity contribution in [1.29, 1.82) is 0 Å². The van der Waals surface area contributed by atoms with Crippen LogP contribution in [-0.2, 0) is 0 Å². The summed E-state index contributed by atoms with van der Waals surface area (Å²) < 4.78 is 0. The minimum Gasteiger partial charge on any atom is -0.337 e. The summed E-state index contributed by atoms with van der Waals surface area (Å²) in [6.45, 7) is 0.995. The van der Waals surface area contributed by atoms with E-state index < -0.39 is 0 Å². The summed E-state index contributed by atoms with van der Waals surface area (Å²) in [5.41, 5.74) is 0. The molecule has 0 spiro atoms. The standard InChI is InChI=1S/C10H14BrN3/c11-5-8-14(9-3-1-4-9)10-12-6-2-7-13-10/h2,6-7,9H,1,3-5,8H2. The zero-order valence-corrected chi connectivity index (χ0v) is 9.65. The Labute approximate surface area is 92.7 Å². The lowest BCUT2D eigenvalue weighted by molar-refractivity contribution is 0.387. The van der Waals surface area contributed by atoms with E-state index in [0.29, 0.717) is 6.04 Å². The molecule has 4 heteroatoms. The maximum atomic E-state index is 4.29. The van der Waals surface area contributed by atoms with Gasteiger partial charge in [0, 0.05) is 30.3 Å². The first-order valence-electron chi connectivity index (χ1n) is 5.01. The number of hydrogen-bond donors (Lipinski definition) is 0. The van der Waals surface area contributed by atoms with E-state index in [1.54, 1.807) is 0 Å². The van der Waals surface area contributed by atoms with Gasteiger partial charge in [0.1, 0.15) is 0 Å². The molecule has 14 heavy (non-hydrogen) atoms. The molecule has 0 amide bonds. The Kier molecular flexibility index (Phi) is 3.35. The van der Waals surface area contributed by atoms with E-state index in [1.165, 1.54) is 19.3 Å². The first-order chi connectivity index (χ1) is 6.92. The quantitative estimate of drug-likeness (QED) is 0.773. The third-order valence-electron chi connectivity index (χ3n) is 2.65. The van der Waals surface area contributed by atoms with Crippen LogP contribution in [0.25, 0.3) is 0 Å². The van der Waals surface area contributed by atoms with Gasteiger partial charge in [-0.2, -0.15) is 0 Å². The fourth-order valence-electron chi connectivity index (χ4n) is 1.67. The minimum atomic E-state index is 0.662. The molecule has 1 fully saturated rings. The van der Waals surface area contributed by atoms with Crippen molar-refractivity contribution in [3.05, 3.63) is 18.5 Å². The molecule has 0 unspecified atom stereocenters. The molecule has 1 saturated carbocycles. The van der Waals surface area contributed by atoms with Gasteiger partial charge in [0.2, 0.25) is 5.95 Å². The van der Waals surface area contributed by atoms with Gasteiger partial charge in [0.25, 0.3) is 0 Å². The molecule has 1 heterocycles. The Morgan fingerprint density at radius 3 is 2.57 bits per heavy atom. The molecule has 76 valence electrons. The monoisotopic (exact) mass is 255 g/mol. The van der Waals surface area contributed by atoms with Gasteiger partial charge in [-0.05, 0) is 25.3 Å². The molecular weight excluding hydrogens is 242 g/mol. The third kappa shape index (κ3) is 2.05. The van der Waals surface area contributed by atoms with Gasteiger partial charge in [-0.15, -0.1) is 0 Å². The molecule has 1 aromatic heterocycles. The second-order valence-corrected chi connectivity index (χ2v) is 4.31. The van der Waals surface area contributed by atoms with Crippen LogP contribution in [0.4, 0.5) is 5.95 Å². The van der Waals surface area contributed by atoms with E-state index in [-0.39, 0.29) is 0 Å². The highest BCUT2D eigenvalue weighted by atomic mass is 79.9. The summed E-state index contributed by atoms with van der Waals surface area (Å²) in [6.07, 6.45) is 7.53. The second-order valence-electron chi connectivity index (χ2n) is 3.52. The average molecular weight is 256 g/mol. The first kappa shape index (κ1) is 9.90. The SMILES string of the molecule is BrCCN(c1ncccn1)C1CCC1. The van der Waals surface area contributed by atoms with Crippen LogP contribution in [0.2, 0.25) is 0 Å². The number of anilines is 1. The van der Waals surface area contributed by atoms with Crippen molar-refractivity contribution in [1.82, 2.24) is 9.97 Å². The Hall–Kier alpha value is -0.640. The lowest BCUT2D eigenvalue weighted by Crippen LogP contribution is -2.42. The van der Waals surface area contributed by atoms with Crippen molar-refractivity contribution >= 4 is 21.9 Å². The van der Waals surface area contributed by atoms with E-state index >= 15 is 0 Å². The maximum Gasteiger partial charge on any atom is 0.225 e. The summed E-state index contributed by atoms with van der Waals surface area (Å²) >= 11 is 3.47. The summed E-state index contributed by atoms with van der Waals surface area (Å²) in [6, 6.07) is 2.52. The number of alkyl halides is 1. The molecule has 0 saturated heterocycles. The van der Waals surface area contributed by atoms with Gasteiger partial charge in [-0.25, -0.2) is 9.97 Å². The Morgan fingerprint density at radius 2 is 2.07 bits per heavy atom. The summed E-state index contributed by atoms with van der Waals surface area (Å²) in [5.74, 6) is 0.872. The number of halogens is 1. The van der Waals surface area contributed by atoms with Gasteiger partial charge < -0.3 is 4.90 Å². The third-order valence-corrected chi connectivity index (χ3v) is 3.00. The lowest BCUT2D eigenvalue weighted by Gasteiger charge is -2.37. The smallest absolute Gasteiger partial charge is 0.225 e. The molecule has 0 N–H and O–H groups in total. The molecule has 0 bridgehead atoms. The Balaban J connectivity index is 2.09. The van der Waals surface area contributed by atoms with Gasteiger partial charge >= 0.3 is 0 Å². The highest BCUT2D eigenvalue weighted by Gasteiger charge is 2.25. The largest absolute Gasteiger partial charge is 0.337 e. The molecule has 2 rings (SSSR count). The Bertz CT molecular complexity index is 274. The lowest BCUT2D eigenvalue weighted by atomic mass is 9.92. The Morgan fingerprint density at radius 1 is 1.36 bits per heavy atom. The predicted molar refractivity (Wildman–Crippen MR) is 60.8 cm³/mol. The zero-order valence-electron chi connectivity index (χ0n) is 8.06. The predicted octanol–water partition coefficient (Wildman–Crippen LogP) is 2.23. The van der Waals surface area contributed by atoms with Crippen molar-refractivity contribution in [3.63, 3.8) is 0 Å². The topological polar surface area (TPSA) is 29.0 Å². The molecule has 1 aliphatic rings. The second kappa shape index (κ2) is 4.73. The summed E-state index contributed by atoms with van der Waals surface area (Å²) in [7, 11) is 0. The molecule has 3 nitrogen and oxygen atoms in total. The number of aromatic nitrogens is 2. The molecular formula is C10H14BrN3. The van der Waals surface area contributed by atoms with Crippen LogP contribution in [0.3, 0.4) is 0 Å². The zero-order chi connectivity index (χ0) is 9.80. The molecule has 0 radical (unpaired) electrons. The van der Waals surface area contributed by atoms with E-state index in [0.717, 1.165) is 17.8 Å². The normalized spacial score (nSPS) is 16.4. The first-order valence-corrected chi connectivity index (χ1v) is 6.13. The van der Waals surface area contributed by atoms with Gasteiger partial charge in [0.15, 0.2) is 0 Å². The van der Waals surface area contributed by atoms with Crippen LogP contribution in [0, 0.1) is 0 Å². The molecule has 0 aliphatic heterocycles. The van der Waals surface area contributed by atoms with Crippen LogP contribution >= 0.6 is 15.9 Å². The molecule has 0 aromatic carbocycles. The number of nitrogens with zero attached hydrogens (tertiary/aromatic N) is 3. The van der Waals surface area contributed by atoms with Crippen LogP contribution < -0.4 is 4.90 Å². The van der Waals surface area contributed by atoms with Crippen LogP contribution in [0.1, 0.15) is 19.3 Å².